The second-order valence-corrected chi connectivity index (χ2v) is 7.21. The number of anilines is 1. The van der Waals surface area contributed by atoms with Crippen LogP contribution >= 0.6 is 0 Å². The fourth-order valence-corrected chi connectivity index (χ4v) is 3.52. The Morgan fingerprint density at radius 2 is 1.61 bits per heavy atom. The van der Waals surface area contributed by atoms with Crippen LogP contribution in [0.4, 0.5) is 27.6 Å². The minimum atomic E-state index is -4.42. The Hall–Kier alpha value is -3.88. The van der Waals surface area contributed by atoms with Crippen LogP contribution in [0.15, 0.2) is 79.0 Å². The molecule has 0 saturated heterocycles. The molecule has 4 rings (SSSR count). The first-order chi connectivity index (χ1) is 15.7. The van der Waals surface area contributed by atoms with E-state index in [9.17, 15) is 26.7 Å². The van der Waals surface area contributed by atoms with Gasteiger partial charge in [0.25, 0.3) is 5.91 Å². The maximum Gasteiger partial charge on any atom is 0.416 e. The molecule has 0 fully saturated rings. The molecule has 4 nitrogen and oxygen atoms in total. The number of nitrogens with one attached hydrogen (secondary N) is 1. The second kappa shape index (κ2) is 8.93. The van der Waals surface area contributed by atoms with E-state index >= 15 is 0 Å². The lowest BCUT2D eigenvalue weighted by Crippen LogP contribution is -2.14. The molecule has 0 aliphatic heterocycles. The van der Waals surface area contributed by atoms with E-state index in [4.69, 9.17) is 0 Å². The fourth-order valence-electron chi connectivity index (χ4n) is 3.52. The van der Waals surface area contributed by atoms with E-state index in [-0.39, 0.29) is 17.9 Å². The number of aromatic nitrogens is 1. The van der Waals surface area contributed by atoms with Gasteiger partial charge in [0.1, 0.15) is 5.75 Å². The number of alkyl halides is 5. The third-order valence-corrected chi connectivity index (χ3v) is 5.02. The predicted octanol–water partition coefficient (Wildman–Crippen LogP) is 6.56. The number of carbonyl (C=O) groups is 1. The first kappa shape index (κ1) is 22.3. The number of para-hydroxylation sites is 2. The van der Waals surface area contributed by atoms with Gasteiger partial charge in [0.05, 0.1) is 22.3 Å². The Kier molecular flexibility index (Phi) is 6.04. The van der Waals surface area contributed by atoms with Crippen molar-refractivity contribution in [3.63, 3.8) is 0 Å². The van der Waals surface area contributed by atoms with E-state index in [1.54, 1.807) is 29.0 Å². The van der Waals surface area contributed by atoms with Gasteiger partial charge >= 0.3 is 12.8 Å². The lowest BCUT2D eigenvalue weighted by Gasteiger charge is -2.10. The Morgan fingerprint density at radius 1 is 0.939 bits per heavy atom. The molecular weight excluding hydrogens is 443 g/mol. The van der Waals surface area contributed by atoms with Gasteiger partial charge in [-0.05, 0) is 35.9 Å². The molecule has 0 aliphatic carbocycles. The number of hydrogen-bond donors (Lipinski definition) is 1. The second-order valence-electron chi connectivity index (χ2n) is 7.21. The van der Waals surface area contributed by atoms with E-state index in [1.165, 1.54) is 36.4 Å². The monoisotopic (exact) mass is 460 g/mol. The van der Waals surface area contributed by atoms with Gasteiger partial charge in [0.15, 0.2) is 0 Å². The summed E-state index contributed by atoms with van der Waals surface area (Å²) in [4.78, 5) is 12.8. The van der Waals surface area contributed by atoms with E-state index in [2.05, 4.69) is 10.1 Å². The number of rotatable bonds is 6. The number of amides is 1. The lowest BCUT2D eigenvalue weighted by atomic mass is 10.1. The van der Waals surface area contributed by atoms with Crippen LogP contribution in [0.3, 0.4) is 0 Å². The number of fused-ring (bicyclic) bond motifs is 1. The smallest absolute Gasteiger partial charge is 0.416 e. The average Bonchev–Trinajstić information content (AvgIpc) is 3.10. The van der Waals surface area contributed by atoms with Crippen LogP contribution in [0.25, 0.3) is 10.9 Å². The van der Waals surface area contributed by atoms with Crippen LogP contribution in [0, 0.1) is 0 Å². The van der Waals surface area contributed by atoms with Crippen LogP contribution in [0.1, 0.15) is 21.5 Å². The minimum Gasteiger partial charge on any atom is -0.434 e. The summed E-state index contributed by atoms with van der Waals surface area (Å²) in [5, 5.41) is 3.40. The molecule has 0 bridgehead atoms. The minimum absolute atomic E-state index is 0.0580. The van der Waals surface area contributed by atoms with Gasteiger partial charge in [-0.3, -0.25) is 4.79 Å². The third kappa shape index (κ3) is 4.97. The molecule has 1 heterocycles. The summed E-state index contributed by atoms with van der Waals surface area (Å²) in [6.07, 6.45) is -2.77. The van der Waals surface area contributed by atoms with Gasteiger partial charge in [0, 0.05) is 18.1 Å². The Bertz CT molecular complexity index is 1280. The van der Waals surface area contributed by atoms with E-state index in [0.717, 1.165) is 17.6 Å². The Balaban J connectivity index is 1.62. The summed E-state index contributed by atoms with van der Waals surface area (Å²) in [6.45, 7) is -2.82. The largest absolute Gasteiger partial charge is 0.434 e. The molecule has 0 aliphatic rings. The molecule has 0 unspecified atom stereocenters. The molecule has 0 radical (unpaired) electrons. The molecule has 1 N–H and O–H groups in total. The van der Waals surface area contributed by atoms with Crippen LogP contribution in [-0.2, 0) is 12.7 Å². The van der Waals surface area contributed by atoms with Gasteiger partial charge in [-0.25, -0.2) is 0 Å². The predicted molar refractivity (Wildman–Crippen MR) is 114 cm³/mol. The number of nitrogens with zero attached hydrogens (tertiary/aromatic N) is 1. The summed E-state index contributed by atoms with van der Waals surface area (Å²) >= 11 is 0. The van der Waals surface area contributed by atoms with Crippen molar-refractivity contribution >= 4 is 22.5 Å². The molecular formula is C24H17F5N2O2. The van der Waals surface area contributed by atoms with E-state index in [1.807, 2.05) is 6.07 Å². The molecule has 0 spiro atoms. The number of benzene rings is 3. The highest BCUT2D eigenvalue weighted by atomic mass is 19.4. The Morgan fingerprint density at radius 3 is 2.30 bits per heavy atom. The molecule has 0 saturated carbocycles. The first-order valence-corrected chi connectivity index (χ1v) is 9.81. The van der Waals surface area contributed by atoms with Crippen molar-refractivity contribution in [3.05, 3.63) is 95.7 Å². The van der Waals surface area contributed by atoms with Crippen LogP contribution in [-0.4, -0.2) is 17.1 Å². The van der Waals surface area contributed by atoms with Gasteiger partial charge in [-0.15, -0.1) is 0 Å². The summed E-state index contributed by atoms with van der Waals surface area (Å²) in [5.74, 6) is -0.887. The van der Waals surface area contributed by atoms with Crippen molar-refractivity contribution in [2.45, 2.75) is 19.3 Å². The normalized spacial score (nSPS) is 11.7. The first-order valence-electron chi connectivity index (χ1n) is 9.81. The standard InChI is InChI=1S/C24H17F5N2O2/c25-23(26)33-21-8-4-2-6-18(21)22(32)30-19-14-31(20-7-3-1-5-17(19)20)13-15-9-11-16(12-10-15)24(27,28)29/h1-12,14,23H,13H2,(H,30,32). The van der Waals surface area contributed by atoms with Gasteiger partial charge in [-0.2, -0.15) is 22.0 Å². The third-order valence-electron chi connectivity index (χ3n) is 5.02. The molecule has 1 aromatic heterocycles. The molecule has 1 amide bonds. The summed E-state index contributed by atoms with van der Waals surface area (Å²) in [7, 11) is 0. The molecule has 9 heteroatoms. The van der Waals surface area contributed by atoms with Gasteiger partial charge < -0.3 is 14.6 Å². The van der Waals surface area contributed by atoms with Crippen molar-refractivity contribution in [1.82, 2.24) is 4.57 Å². The molecule has 0 atom stereocenters. The highest BCUT2D eigenvalue weighted by molar-refractivity contribution is 6.10. The van der Waals surface area contributed by atoms with Gasteiger partial charge in [-0.1, -0.05) is 42.5 Å². The molecule has 33 heavy (non-hydrogen) atoms. The van der Waals surface area contributed by atoms with Crippen molar-refractivity contribution in [2.75, 3.05) is 5.32 Å². The highest BCUT2D eigenvalue weighted by Gasteiger charge is 2.30. The van der Waals surface area contributed by atoms with Crippen LogP contribution in [0.2, 0.25) is 0 Å². The van der Waals surface area contributed by atoms with Crippen molar-refractivity contribution < 1.29 is 31.5 Å². The summed E-state index contributed by atoms with van der Waals surface area (Å²) < 4.78 is 70.0. The van der Waals surface area contributed by atoms with Crippen LogP contribution < -0.4 is 10.1 Å². The number of carbonyl (C=O) groups excluding carboxylic acids is 1. The molecule has 3 aromatic carbocycles. The van der Waals surface area contributed by atoms with Gasteiger partial charge in [0.2, 0.25) is 0 Å². The lowest BCUT2D eigenvalue weighted by molar-refractivity contribution is -0.137. The topological polar surface area (TPSA) is 43.3 Å². The number of ether oxygens (including phenoxy) is 1. The summed E-state index contributed by atoms with van der Waals surface area (Å²) in [5.41, 5.74) is 1.01. The van der Waals surface area contributed by atoms with E-state index in [0.29, 0.717) is 16.6 Å². The highest BCUT2D eigenvalue weighted by Crippen LogP contribution is 2.31. The zero-order chi connectivity index (χ0) is 23.6. The number of hydrogen-bond acceptors (Lipinski definition) is 2. The zero-order valence-electron chi connectivity index (χ0n) is 16.9. The van der Waals surface area contributed by atoms with Crippen LogP contribution in [0.5, 0.6) is 5.75 Å². The maximum absolute atomic E-state index is 12.8. The number of halogens is 5. The van der Waals surface area contributed by atoms with E-state index < -0.39 is 24.3 Å². The van der Waals surface area contributed by atoms with Crippen molar-refractivity contribution in [1.29, 1.82) is 0 Å². The summed E-state index contributed by atoms with van der Waals surface area (Å²) in [6, 6.07) is 17.6. The molecule has 170 valence electrons. The SMILES string of the molecule is O=C(Nc1cn(Cc2ccc(C(F)(F)F)cc2)c2ccccc12)c1ccccc1OC(F)F. The zero-order valence-corrected chi connectivity index (χ0v) is 16.9. The van der Waals surface area contributed by atoms with Crippen molar-refractivity contribution in [3.8, 4) is 5.75 Å². The molecule has 4 aromatic rings. The maximum atomic E-state index is 12.8. The fraction of sp³-hybridized carbons (Fsp3) is 0.125. The van der Waals surface area contributed by atoms with Crippen molar-refractivity contribution in [2.24, 2.45) is 0 Å². The quantitative estimate of drug-likeness (QED) is 0.331. The average molecular weight is 460 g/mol. The Labute approximate surface area is 185 Å².